The zero-order chi connectivity index (χ0) is 13.0. The number of hydrogen-bond donors (Lipinski definition) is 0. The molecule has 0 aliphatic rings. The quantitative estimate of drug-likeness (QED) is 0.776. The molecule has 0 saturated heterocycles. The molecule has 0 saturated carbocycles. The standard InChI is InChI=1S/C14H15NO2S/c1-10-11(2)18-14(15-10)7-8-17-13-5-3-12(9-16)4-6-13/h3-6,9H,7-8H2,1-2H3. The highest BCUT2D eigenvalue weighted by atomic mass is 32.1. The number of aldehydes is 1. The molecule has 0 spiro atoms. The van der Waals surface area contributed by atoms with Gasteiger partial charge in [0.2, 0.25) is 0 Å². The second kappa shape index (κ2) is 5.78. The summed E-state index contributed by atoms with van der Waals surface area (Å²) in [7, 11) is 0. The van der Waals surface area contributed by atoms with E-state index in [1.54, 1.807) is 23.5 Å². The molecule has 0 atom stereocenters. The summed E-state index contributed by atoms with van der Waals surface area (Å²) in [5.74, 6) is 0.783. The predicted octanol–water partition coefficient (Wildman–Crippen LogP) is 3.19. The minimum absolute atomic E-state index is 0.604. The summed E-state index contributed by atoms with van der Waals surface area (Å²) in [6.07, 6.45) is 1.64. The van der Waals surface area contributed by atoms with E-state index in [0.29, 0.717) is 12.2 Å². The maximum absolute atomic E-state index is 10.5. The van der Waals surface area contributed by atoms with Crippen LogP contribution in [0.3, 0.4) is 0 Å². The number of aromatic nitrogens is 1. The molecular formula is C14H15NO2S. The van der Waals surface area contributed by atoms with Crippen molar-refractivity contribution in [3.05, 3.63) is 45.4 Å². The first-order valence-corrected chi connectivity index (χ1v) is 6.61. The Bertz CT molecular complexity index is 512. The summed E-state index contributed by atoms with van der Waals surface area (Å²) in [6, 6.07) is 7.12. The smallest absolute Gasteiger partial charge is 0.150 e. The lowest BCUT2D eigenvalue weighted by atomic mass is 10.2. The Labute approximate surface area is 110 Å². The van der Waals surface area contributed by atoms with Crippen molar-refractivity contribution in [3.63, 3.8) is 0 Å². The fourth-order valence-electron chi connectivity index (χ4n) is 1.54. The largest absolute Gasteiger partial charge is 0.493 e. The monoisotopic (exact) mass is 261 g/mol. The molecule has 0 unspecified atom stereocenters. The van der Waals surface area contributed by atoms with Gasteiger partial charge in [-0.05, 0) is 38.1 Å². The van der Waals surface area contributed by atoms with E-state index < -0.39 is 0 Å². The van der Waals surface area contributed by atoms with E-state index >= 15 is 0 Å². The van der Waals surface area contributed by atoms with Gasteiger partial charge < -0.3 is 4.74 Å². The van der Waals surface area contributed by atoms with E-state index in [1.807, 2.05) is 19.1 Å². The maximum Gasteiger partial charge on any atom is 0.150 e. The Morgan fingerprint density at radius 2 is 2.00 bits per heavy atom. The van der Waals surface area contributed by atoms with Crippen molar-refractivity contribution in [2.45, 2.75) is 20.3 Å². The van der Waals surface area contributed by atoms with Crippen molar-refractivity contribution in [1.29, 1.82) is 0 Å². The molecule has 0 aliphatic carbocycles. The Balaban J connectivity index is 1.86. The van der Waals surface area contributed by atoms with Gasteiger partial charge in [-0.15, -0.1) is 11.3 Å². The van der Waals surface area contributed by atoms with Crippen molar-refractivity contribution in [2.24, 2.45) is 0 Å². The second-order valence-corrected chi connectivity index (χ2v) is 5.32. The minimum atomic E-state index is 0.604. The van der Waals surface area contributed by atoms with Crippen LogP contribution < -0.4 is 4.74 Å². The lowest BCUT2D eigenvalue weighted by molar-refractivity contribution is 0.112. The second-order valence-electron chi connectivity index (χ2n) is 4.03. The molecule has 18 heavy (non-hydrogen) atoms. The first kappa shape index (κ1) is 12.8. The highest BCUT2D eigenvalue weighted by molar-refractivity contribution is 7.11. The number of hydrogen-bond acceptors (Lipinski definition) is 4. The summed E-state index contributed by atoms with van der Waals surface area (Å²) in [5, 5.41) is 1.11. The number of rotatable bonds is 5. The minimum Gasteiger partial charge on any atom is -0.493 e. The van der Waals surface area contributed by atoms with Crippen LogP contribution >= 0.6 is 11.3 Å². The first-order chi connectivity index (χ1) is 8.69. The molecule has 4 heteroatoms. The van der Waals surface area contributed by atoms with E-state index in [1.165, 1.54) is 4.88 Å². The van der Waals surface area contributed by atoms with Gasteiger partial charge in [0.25, 0.3) is 0 Å². The van der Waals surface area contributed by atoms with Crippen LogP contribution in [0.5, 0.6) is 5.75 Å². The van der Waals surface area contributed by atoms with Gasteiger partial charge in [0, 0.05) is 16.9 Å². The van der Waals surface area contributed by atoms with Gasteiger partial charge in [-0.3, -0.25) is 4.79 Å². The third kappa shape index (κ3) is 3.17. The van der Waals surface area contributed by atoms with Crippen LogP contribution in [0.25, 0.3) is 0 Å². The van der Waals surface area contributed by atoms with Gasteiger partial charge in [0.15, 0.2) is 0 Å². The van der Waals surface area contributed by atoms with Crippen LogP contribution in [-0.4, -0.2) is 17.9 Å². The maximum atomic E-state index is 10.5. The fraction of sp³-hybridized carbons (Fsp3) is 0.286. The zero-order valence-electron chi connectivity index (χ0n) is 10.5. The lowest BCUT2D eigenvalue weighted by Gasteiger charge is -2.04. The van der Waals surface area contributed by atoms with Crippen molar-refractivity contribution < 1.29 is 9.53 Å². The number of ether oxygens (including phenoxy) is 1. The number of carbonyl (C=O) groups excluding carboxylic acids is 1. The molecule has 2 aromatic rings. The number of nitrogens with zero attached hydrogens (tertiary/aromatic N) is 1. The molecule has 1 aromatic carbocycles. The summed E-state index contributed by atoms with van der Waals surface area (Å²) >= 11 is 1.72. The fourth-order valence-corrected chi connectivity index (χ4v) is 2.46. The molecule has 0 fully saturated rings. The molecule has 0 N–H and O–H groups in total. The van der Waals surface area contributed by atoms with Gasteiger partial charge in [0.05, 0.1) is 17.3 Å². The molecule has 3 nitrogen and oxygen atoms in total. The van der Waals surface area contributed by atoms with E-state index in [2.05, 4.69) is 11.9 Å². The van der Waals surface area contributed by atoms with Crippen molar-refractivity contribution >= 4 is 17.6 Å². The molecule has 0 bridgehead atoms. The van der Waals surface area contributed by atoms with Crippen LogP contribution in [0.1, 0.15) is 25.9 Å². The SMILES string of the molecule is Cc1nc(CCOc2ccc(C=O)cc2)sc1C. The average molecular weight is 261 g/mol. The highest BCUT2D eigenvalue weighted by Gasteiger charge is 2.03. The zero-order valence-corrected chi connectivity index (χ0v) is 11.3. The summed E-state index contributed by atoms with van der Waals surface area (Å²) in [4.78, 5) is 16.2. The van der Waals surface area contributed by atoms with E-state index in [4.69, 9.17) is 4.74 Å². The van der Waals surface area contributed by atoms with E-state index in [0.717, 1.165) is 29.2 Å². The van der Waals surface area contributed by atoms with Gasteiger partial charge in [-0.25, -0.2) is 4.98 Å². The molecule has 0 amide bonds. The molecule has 94 valence electrons. The van der Waals surface area contributed by atoms with Crippen LogP contribution in [0.15, 0.2) is 24.3 Å². The summed E-state index contributed by atoms with van der Waals surface area (Å²) < 4.78 is 5.61. The number of carbonyl (C=O) groups is 1. The number of thiazole rings is 1. The Hall–Kier alpha value is -1.68. The molecule has 0 radical (unpaired) electrons. The molecule has 1 aromatic heterocycles. The third-order valence-electron chi connectivity index (χ3n) is 2.67. The Morgan fingerprint density at radius 3 is 2.56 bits per heavy atom. The van der Waals surface area contributed by atoms with Gasteiger partial charge in [-0.2, -0.15) is 0 Å². The topological polar surface area (TPSA) is 39.2 Å². The van der Waals surface area contributed by atoms with Crippen molar-refractivity contribution in [1.82, 2.24) is 4.98 Å². The Kier molecular flexibility index (Phi) is 4.10. The average Bonchev–Trinajstić information content (AvgIpc) is 2.69. The molecule has 2 rings (SSSR count). The van der Waals surface area contributed by atoms with Gasteiger partial charge in [-0.1, -0.05) is 0 Å². The van der Waals surface area contributed by atoms with Crippen molar-refractivity contribution in [3.8, 4) is 5.75 Å². The van der Waals surface area contributed by atoms with Crippen LogP contribution in [0.2, 0.25) is 0 Å². The lowest BCUT2D eigenvalue weighted by Crippen LogP contribution is -2.01. The first-order valence-electron chi connectivity index (χ1n) is 5.80. The Morgan fingerprint density at radius 1 is 1.28 bits per heavy atom. The van der Waals surface area contributed by atoms with Crippen LogP contribution in [0, 0.1) is 13.8 Å². The van der Waals surface area contributed by atoms with Crippen LogP contribution in [-0.2, 0) is 6.42 Å². The van der Waals surface area contributed by atoms with Crippen molar-refractivity contribution in [2.75, 3.05) is 6.61 Å². The predicted molar refractivity (Wildman–Crippen MR) is 72.6 cm³/mol. The summed E-state index contributed by atoms with van der Waals surface area (Å²) in [6.45, 7) is 4.71. The molecule has 1 heterocycles. The molecule has 0 aliphatic heterocycles. The highest BCUT2D eigenvalue weighted by Crippen LogP contribution is 2.17. The van der Waals surface area contributed by atoms with E-state index in [-0.39, 0.29) is 0 Å². The number of benzene rings is 1. The third-order valence-corrected chi connectivity index (χ3v) is 3.81. The van der Waals surface area contributed by atoms with Gasteiger partial charge >= 0.3 is 0 Å². The van der Waals surface area contributed by atoms with E-state index in [9.17, 15) is 4.79 Å². The van der Waals surface area contributed by atoms with Crippen LogP contribution in [0.4, 0.5) is 0 Å². The molecular weight excluding hydrogens is 246 g/mol. The normalized spacial score (nSPS) is 10.3. The number of aryl methyl sites for hydroxylation is 2. The van der Waals surface area contributed by atoms with Gasteiger partial charge in [0.1, 0.15) is 12.0 Å². The summed E-state index contributed by atoms with van der Waals surface area (Å²) in [5.41, 5.74) is 1.76.